The second kappa shape index (κ2) is 6.79. The van der Waals surface area contributed by atoms with Crippen molar-refractivity contribution in [2.24, 2.45) is 0 Å². The van der Waals surface area contributed by atoms with Gasteiger partial charge in [-0.2, -0.15) is 0 Å². The SMILES string of the molecule is COc1ccccc1N/C=C/C(=O)c1cccc2ccccc12. The van der Waals surface area contributed by atoms with Crippen LogP contribution in [0, 0.1) is 0 Å². The molecule has 0 saturated heterocycles. The number of ether oxygens (including phenoxy) is 1. The van der Waals surface area contributed by atoms with Gasteiger partial charge >= 0.3 is 0 Å². The lowest BCUT2D eigenvalue weighted by Gasteiger charge is -2.07. The molecule has 0 unspecified atom stereocenters. The molecule has 3 aromatic carbocycles. The fourth-order valence-corrected chi connectivity index (χ4v) is 2.50. The smallest absolute Gasteiger partial charge is 0.187 e. The molecular formula is C20H17NO2. The third-order valence-electron chi connectivity index (χ3n) is 3.64. The fraction of sp³-hybridized carbons (Fsp3) is 0.0500. The van der Waals surface area contributed by atoms with Gasteiger partial charge in [-0.15, -0.1) is 0 Å². The Morgan fingerprint density at radius 1 is 0.957 bits per heavy atom. The maximum absolute atomic E-state index is 12.4. The molecule has 0 heterocycles. The number of hydrogen-bond acceptors (Lipinski definition) is 3. The van der Waals surface area contributed by atoms with Crippen molar-refractivity contribution in [2.75, 3.05) is 12.4 Å². The summed E-state index contributed by atoms with van der Waals surface area (Å²) >= 11 is 0. The summed E-state index contributed by atoms with van der Waals surface area (Å²) in [5.41, 5.74) is 1.51. The van der Waals surface area contributed by atoms with Crippen molar-refractivity contribution in [2.45, 2.75) is 0 Å². The van der Waals surface area contributed by atoms with E-state index in [-0.39, 0.29) is 5.78 Å². The summed E-state index contributed by atoms with van der Waals surface area (Å²) < 4.78 is 5.26. The predicted octanol–water partition coefficient (Wildman–Crippen LogP) is 4.66. The van der Waals surface area contributed by atoms with Crippen LogP contribution in [0.15, 0.2) is 79.0 Å². The van der Waals surface area contributed by atoms with Gasteiger partial charge in [0.1, 0.15) is 5.75 Å². The number of nitrogens with one attached hydrogen (secondary N) is 1. The summed E-state index contributed by atoms with van der Waals surface area (Å²) in [6, 6.07) is 21.2. The van der Waals surface area contributed by atoms with Crippen LogP contribution in [0.1, 0.15) is 10.4 Å². The molecule has 0 aliphatic carbocycles. The first-order valence-corrected chi connectivity index (χ1v) is 7.38. The number of rotatable bonds is 5. The molecule has 3 nitrogen and oxygen atoms in total. The highest BCUT2D eigenvalue weighted by molar-refractivity contribution is 6.13. The maximum atomic E-state index is 12.4. The van der Waals surface area contributed by atoms with Crippen molar-refractivity contribution in [3.8, 4) is 5.75 Å². The van der Waals surface area contributed by atoms with Crippen LogP contribution >= 0.6 is 0 Å². The lowest BCUT2D eigenvalue weighted by Crippen LogP contribution is -1.98. The third kappa shape index (κ3) is 3.24. The first-order chi connectivity index (χ1) is 11.3. The number of anilines is 1. The minimum absolute atomic E-state index is 0.0378. The molecule has 114 valence electrons. The Morgan fingerprint density at radius 3 is 2.57 bits per heavy atom. The Morgan fingerprint density at radius 2 is 1.70 bits per heavy atom. The summed E-state index contributed by atoms with van der Waals surface area (Å²) in [7, 11) is 1.62. The van der Waals surface area contributed by atoms with Gasteiger partial charge in [0, 0.05) is 17.8 Å². The van der Waals surface area contributed by atoms with Crippen LogP contribution in [0.2, 0.25) is 0 Å². The van der Waals surface area contributed by atoms with Gasteiger partial charge in [-0.3, -0.25) is 4.79 Å². The molecule has 1 N–H and O–H groups in total. The Bertz CT molecular complexity index is 863. The van der Waals surface area contributed by atoms with Crippen molar-refractivity contribution in [3.05, 3.63) is 84.6 Å². The van der Waals surface area contributed by atoms with Gasteiger partial charge in [-0.05, 0) is 22.9 Å². The minimum atomic E-state index is -0.0378. The van der Waals surface area contributed by atoms with Crippen molar-refractivity contribution >= 4 is 22.2 Å². The van der Waals surface area contributed by atoms with Crippen LogP contribution in [-0.2, 0) is 0 Å². The lowest BCUT2D eigenvalue weighted by molar-refractivity contribution is 0.104. The highest BCUT2D eigenvalue weighted by Crippen LogP contribution is 2.23. The Hall–Kier alpha value is -3.07. The summed E-state index contributed by atoms with van der Waals surface area (Å²) in [5, 5.41) is 5.11. The molecule has 0 fully saturated rings. The van der Waals surface area contributed by atoms with Crippen molar-refractivity contribution in [1.29, 1.82) is 0 Å². The molecule has 0 saturated carbocycles. The van der Waals surface area contributed by atoms with Crippen LogP contribution < -0.4 is 10.1 Å². The van der Waals surface area contributed by atoms with E-state index in [0.717, 1.165) is 22.2 Å². The highest BCUT2D eigenvalue weighted by Gasteiger charge is 2.06. The summed E-state index contributed by atoms with van der Waals surface area (Å²) in [6.45, 7) is 0. The normalized spacial score (nSPS) is 10.8. The first kappa shape index (κ1) is 14.9. The van der Waals surface area contributed by atoms with Crippen LogP contribution in [0.3, 0.4) is 0 Å². The maximum Gasteiger partial charge on any atom is 0.187 e. The second-order valence-corrected chi connectivity index (χ2v) is 5.07. The molecule has 0 amide bonds. The molecule has 3 heteroatoms. The molecule has 0 atom stereocenters. The number of hydrogen-bond donors (Lipinski definition) is 1. The minimum Gasteiger partial charge on any atom is -0.495 e. The van der Waals surface area contributed by atoms with E-state index in [1.54, 1.807) is 13.3 Å². The van der Waals surface area contributed by atoms with Gasteiger partial charge in [0.05, 0.1) is 12.8 Å². The zero-order valence-corrected chi connectivity index (χ0v) is 12.8. The molecule has 0 aromatic heterocycles. The van der Waals surface area contributed by atoms with E-state index in [9.17, 15) is 4.79 Å². The van der Waals surface area contributed by atoms with Gasteiger partial charge in [0.25, 0.3) is 0 Å². The number of carbonyl (C=O) groups is 1. The van der Waals surface area contributed by atoms with E-state index in [1.807, 2.05) is 66.7 Å². The standard InChI is InChI=1S/C20H17NO2/c1-23-20-12-5-4-11-18(20)21-14-13-19(22)17-10-6-8-15-7-2-3-9-16(15)17/h2-14,21H,1H3/b14-13+. The summed E-state index contributed by atoms with van der Waals surface area (Å²) in [4.78, 5) is 12.4. The van der Waals surface area contributed by atoms with Crippen LogP contribution in [0.5, 0.6) is 5.75 Å². The van der Waals surface area contributed by atoms with E-state index in [0.29, 0.717) is 5.56 Å². The number of ketones is 1. The van der Waals surface area contributed by atoms with E-state index in [2.05, 4.69) is 5.32 Å². The monoisotopic (exact) mass is 303 g/mol. The molecular weight excluding hydrogens is 286 g/mol. The van der Waals surface area contributed by atoms with Gasteiger partial charge < -0.3 is 10.1 Å². The largest absolute Gasteiger partial charge is 0.495 e. The van der Waals surface area contributed by atoms with Gasteiger partial charge in [-0.1, -0.05) is 54.6 Å². The van der Waals surface area contributed by atoms with E-state index in [4.69, 9.17) is 4.74 Å². The quantitative estimate of drug-likeness (QED) is 0.550. The van der Waals surface area contributed by atoms with Crippen LogP contribution in [-0.4, -0.2) is 12.9 Å². The average molecular weight is 303 g/mol. The summed E-state index contributed by atoms with van der Waals surface area (Å²) in [6.07, 6.45) is 3.18. The fourth-order valence-electron chi connectivity index (χ4n) is 2.50. The molecule has 0 radical (unpaired) electrons. The number of methoxy groups -OCH3 is 1. The number of benzene rings is 3. The zero-order chi connectivity index (χ0) is 16.1. The third-order valence-corrected chi connectivity index (χ3v) is 3.64. The van der Waals surface area contributed by atoms with E-state index in [1.165, 1.54) is 6.08 Å². The van der Waals surface area contributed by atoms with E-state index >= 15 is 0 Å². The lowest BCUT2D eigenvalue weighted by atomic mass is 10.0. The number of fused-ring (bicyclic) bond motifs is 1. The molecule has 23 heavy (non-hydrogen) atoms. The van der Waals surface area contributed by atoms with Crippen LogP contribution in [0.25, 0.3) is 10.8 Å². The number of para-hydroxylation sites is 2. The second-order valence-electron chi connectivity index (χ2n) is 5.07. The van der Waals surface area contributed by atoms with Gasteiger partial charge in [-0.25, -0.2) is 0 Å². The molecule has 0 aliphatic rings. The van der Waals surface area contributed by atoms with Gasteiger partial charge in [0.2, 0.25) is 0 Å². The Labute approximate surface area is 135 Å². The zero-order valence-electron chi connectivity index (χ0n) is 12.8. The van der Waals surface area contributed by atoms with Gasteiger partial charge in [0.15, 0.2) is 5.78 Å². The first-order valence-electron chi connectivity index (χ1n) is 7.38. The number of allylic oxidation sites excluding steroid dienone is 1. The molecule has 0 bridgehead atoms. The highest BCUT2D eigenvalue weighted by atomic mass is 16.5. The van der Waals surface area contributed by atoms with Crippen molar-refractivity contribution < 1.29 is 9.53 Å². The number of carbonyl (C=O) groups excluding carboxylic acids is 1. The molecule has 3 rings (SSSR count). The molecule has 3 aromatic rings. The summed E-state index contributed by atoms with van der Waals surface area (Å²) in [5.74, 6) is 0.693. The molecule has 0 spiro atoms. The Kier molecular flexibility index (Phi) is 4.39. The average Bonchev–Trinajstić information content (AvgIpc) is 2.61. The Balaban J connectivity index is 1.81. The van der Waals surface area contributed by atoms with Crippen molar-refractivity contribution in [3.63, 3.8) is 0 Å². The van der Waals surface area contributed by atoms with E-state index < -0.39 is 0 Å². The van der Waals surface area contributed by atoms with Crippen LogP contribution in [0.4, 0.5) is 5.69 Å². The predicted molar refractivity (Wildman–Crippen MR) is 94.0 cm³/mol. The molecule has 0 aliphatic heterocycles. The topological polar surface area (TPSA) is 38.3 Å². The van der Waals surface area contributed by atoms with Crippen molar-refractivity contribution in [1.82, 2.24) is 0 Å².